The predicted octanol–water partition coefficient (Wildman–Crippen LogP) is 2.17. The Morgan fingerprint density at radius 3 is 0.648 bits per heavy atom. The van der Waals surface area contributed by atoms with Crippen LogP contribution in [0.25, 0.3) is 0 Å². The Kier molecular flexibility index (Phi) is 55.0. The molecule has 0 aromatic rings. The number of hydrogen-bond donors (Lipinski definition) is 6. The fourth-order valence-corrected chi connectivity index (χ4v) is 12.9. The fraction of sp³-hybridized carbons (Fsp3) is 0.875. The molecule has 12 saturated heterocycles. The van der Waals surface area contributed by atoms with E-state index in [2.05, 4.69) is 67.5 Å². The molecule has 12 heterocycles. The number of hydrogen-bond acceptors (Lipinski definition) is 16. The lowest BCUT2D eigenvalue weighted by atomic mass is 10.1. The first-order valence-corrected chi connectivity index (χ1v) is 38.4. The highest BCUT2D eigenvalue weighted by Gasteiger charge is 2.16. The maximum atomic E-state index is 11.2. The Balaban J connectivity index is 0.000000482. The number of rotatable bonds is 6. The number of amides is 6. The van der Waals surface area contributed by atoms with Crippen molar-refractivity contribution in [1.82, 2.24) is 71.1 Å². The number of piperazine rings is 2. The van der Waals surface area contributed by atoms with E-state index in [0.29, 0.717) is 24.6 Å². The Morgan fingerprint density at radius 2 is 0.443 bits per heavy atom. The zero-order valence-corrected chi connectivity index (χ0v) is 57.4. The first-order valence-electron chi connectivity index (χ1n) is 34.2. The molecule has 6 N–H and O–H groups in total. The molecule has 24 heteroatoms. The van der Waals surface area contributed by atoms with Gasteiger partial charge in [0.15, 0.2) is 0 Å². The second-order valence-electron chi connectivity index (χ2n) is 24.5. The highest BCUT2D eigenvalue weighted by Crippen LogP contribution is 2.08. The van der Waals surface area contributed by atoms with Gasteiger partial charge in [-0.1, -0.05) is 19.3 Å². The summed E-state index contributed by atoms with van der Waals surface area (Å²) in [4.78, 5) is 75.9. The summed E-state index contributed by atoms with van der Waals surface area (Å²) in [7, 11) is 0.754. The molecular weight excluding hydrogens is 1160 g/mol. The lowest BCUT2D eigenvalue weighted by molar-refractivity contribution is -0.120. The third kappa shape index (κ3) is 52.2. The minimum Gasteiger partial charge on any atom is -0.345 e. The quantitative estimate of drug-likeness (QED) is 0.165. The maximum absolute atomic E-state index is 11.2. The monoisotopic (exact) mass is 1290 g/mol. The average molecular weight is 1290 g/mol. The van der Waals surface area contributed by atoms with Gasteiger partial charge >= 0.3 is 0 Å². The van der Waals surface area contributed by atoms with Crippen molar-refractivity contribution in [2.75, 3.05) is 220 Å². The van der Waals surface area contributed by atoms with Gasteiger partial charge in [-0.05, 0) is 219 Å². The summed E-state index contributed by atoms with van der Waals surface area (Å²) < 4.78 is 22.3. The van der Waals surface area contributed by atoms with Crippen molar-refractivity contribution in [2.45, 2.75) is 141 Å². The molecule has 12 aliphatic heterocycles. The van der Waals surface area contributed by atoms with Crippen LogP contribution in [0.3, 0.4) is 0 Å². The molecule has 516 valence electrons. The number of nitrogens with one attached hydrogen (secondary N) is 6. The second-order valence-corrected chi connectivity index (χ2v) is 30.0. The molecule has 0 radical (unpaired) electrons. The van der Waals surface area contributed by atoms with E-state index < -0.39 is 19.0 Å². The van der Waals surface area contributed by atoms with Crippen LogP contribution in [0.5, 0.6) is 0 Å². The van der Waals surface area contributed by atoms with E-state index in [-0.39, 0.29) is 0 Å². The normalized spacial score (nSPS) is 23.1. The van der Waals surface area contributed by atoms with Crippen LogP contribution in [-0.2, 0) is 47.8 Å². The van der Waals surface area contributed by atoms with Crippen molar-refractivity contribution in [1.29, 1.82) is 0 Å². The van der Waals surface area contributed by atoms with Gasteiger partial charge in [0, 0.05) is 154 Å². The predicted molar refractivity (Wildman–Crippen MR) is 370 cm³/mol. The zero-order chi connectivity index (χ0) is 64.3. The van der Waals surface area contributed by atoms with E-state index in [1.807, 2.05) is 14.7 Å². The molecule has 6 amide bonds. The molecular formula is C64H130N14O8S2. The second kappa shape index (κ2) is 58.6. The number of piperidine rings is 6. The topological polar surface area (TPSA) is 235 Å². The lowest BCUT2D eigenvalue weighted by Gasteiger charge is -2.29. The van der Waals surface area contributed by atoms with Crippen LogP contribution in [0.2, 0.25) is 0 Å². The molecule has 88 heavy (non-hydrogen) atoms. The van der Waals surface area contributed by atoms with E-state index in [9.17, 15) is 37.2 Å². The van der Waals surface area contributed by atoms with Crippen molar-refractivity contribution in [3.63, 3.8) is 0 Å². The largest absolute Gasteiger partial charge is 0.345 e. The summed E-state index contributed by atoms with van der Waals surface area (Å²) in [6, 6.07) is 0. The first kappa shape index (κ1) is 82.6. The third-order valence-corrected chi connectivity index (χ3v) is 20.2. The van der Waals surface area contributed by atoms with Gasteiger partial charge in [-0.15, -0.1) is 0 Å². The van der Waals surface area contributed by atoms with Crippen LogP contribution in [0.1, 0.15) is 141 Å². The molecule has 0 atom stereocenters. The molecule has 0 aliphatic carbocycles. The summed E-state index contributed by atoms with van der Waals surface area (Å²) in [6.07, 6.45) is 34.3. The zero-order valence-electron chi connectivity index (χ0n) is 55.7. The summed E-state index contributed by atoms with van der Waals surface area (Å²) in [5.74, 6) is 9.84. The van der Waals surface area contributed by atoms with Gasteiger partial charge in [0.05, 0.1) is 0 Å². The van der Waals surface area contributed by atoms with E-state index in [1.54, 1.807) is 14.7 Å². The molecule has 0 bridgehead atoms. The van der Waals surface area contributed by atoms with Crippen molar-refractivity contribution < 1.29 is 37.2 Å². The van der Waals surface area contributed by atoms with Crippen molar-refractivity contribution >= 4 is 69.2 Å². The van der Waals surface area contributed by atoms with Crippen molar-refractivity contribution in [3.05, 3.63) is 0 Å². The summed E-state index contributed by atoms with van der Waals surface area (Å²) in [5.41, 5.74) is 0. The van der Waals surface area contributed by atoms with Gasteiger partial charge in [-0.25, -0.2) is 0 Å². The highest BCUT2D eigenvalue weighted by molar-refractivity contribution is 8.00. The molecule has 12 rings (SSSR count). The first-order chi connectivity index (χ1) is 42.8. The molecule has 22 nitrogen and oxygen atoms in total. The molecule has 0 saturated carbocycles. The number of carbonyl (C=O) groups is 6. The van der Waals surface area contributed by atoms with Gasteiger partial charge < -0.3 is 71.1 Å². The highest BCUT2D eigenvalue weighted by atomic mass is 32.2. The van der Waals surface area contributed by atoms with Crippen LogP contribution in [0, 0.1) is 0 Å². The van der Waals surface area contributed by atoms with E-state index in [1.165, 1.54) is 207 Å². The standard InChI is InChI=1S/C6H12N2O.C6H11NO2S.3C6H11NO.C5H12N2.C5H11NOS.C5H9NO.3C5H11N.C4H9N/c1-7-2-4-8(6-9)5-3-7;1-10(9)4-2-7(6-8)3-5-10;3*8-6-7-4-2-1-3-5-7;1-7-4-2-6-3-5-7;1-8(7)4-2-6-3-5-8;7-5-6-3-1-2-4-6;3*1-2-4-6-5-3-1;1-2-4-5-3-1/h6H,2-5H2,1H3;6H,1-5H2;3*6H,1-5H2;6H,2-5H2,1H3;6H,1-5H2;5H,1-4H2;3*6H,1-5H2;5H,1-4H2. The van der Waals surface area contributed by atoms with Gasteiger partial charge in [0.1, 0.15) is 0 Å². The van der Waals surface area contributed by atoms with Gasteiger partial charge in [-0.3, -0.25) is 37.2 Å². The van der Waals surface area contributed by atoms with E-state index in [4.69, 9.17) is 0 Å². The molecule has 12 aliphatic rings. The summed E-state index contributed by atoms with van der Waals surface area (Å²) in [6.45, 7) is 29.3. The smallest absolute Gasteiger partial charge is 0.209 e. The molecule has 0 spiro atoms. The Hall–Kier alpha value is -3.46. The maximum Gasteiger partial charge on any atom is 0.209 e. The van der Waals surface area contributed by atoms with Gasteiger partial charge in [-0.2, -0.15) is 0 Å². The minimum atomic E-state index is -1.83. The molecule has 0 aromatic carbocycles. The van der Waals surface area contributed by atoms with Crippen LogP contribution in [0.4, 0.5) is 0 Å². The summed E-state index contributed by atoms with van der Waals surface area (Å²) >= 11 is 0. The van der Waals surface area contributed by atoms with Crippen LogP contribution < -0.4 is 31.9 Å². The van der Waals surface area contributed by atoms with Crippen LogP contribution in [0.15, 0.2) is 0 Å². The number of likely N-dealkylation sites (tertiary alicyclic amines) is 4. The minimum absolute atomic E-state index is 0.561. The number of likely N-dealkylation sites (N-methyl/N-ethyl adjacent to an activating group) is 2. The van der Waals surface area contributed by atoms with Gasteiger partial charge in [0.2, 0.25) is 38.5 Å². The molecule has 0 unspecified atom stereocenters. The third-order valence-electron chi connectivity index (χ3n) is 16.5. The van der Waals surface area contributed by atoms with E-state index in [0.717, 1.165) is 155 Å². The number of nitrogens with zero attached hydrogens (tertiary/aromatic N) is 8. The SMILES string of the molecule is C1CCNC1.C1CCNCC1.C1CCNCC1.C1CCNCC1.C=S1(=O)CCN(C=O)CC1.C=S1(=O)CCNCC1.CN1CCN(C=O)CC1.CN1CCNCC1.O=CN1CCCC1.O=CN1CCCCC1.O=CN1CCCCC1.O=CN1CCCCC1. The Labute approximate surface area is 536 Å². The Morgan fingerprint density at radius 1 is 0.239 bits per heavy atom. The molecule has 0 aromatic heterocycles. The van der Waals surface area contributed by atoms with Crippen LogP contribution >= 0.6 is 0 Å². The van der Waals surface area contributed by atoms with E-state index >= 15 is 0 Å². The Bertz CT molecular complexity index is 1700. The van der Waals surface area contributed by atoms with Gasteiger partial charge in [0.25, 0.3) is 0 Å². The summed E-state index contributed by atoms with van der Waals surface area (Å²) in [5, 5.41) is 19.5. The van der Waals surface area contributed by atoms with Crippen molar-refractivity contribution in [2.24, 2.45) is 0 Å². The van der Waals surface area contributed by atoms with Crippen molar-refractivity contribution in [3.8, 4) is 0 Å². The lowest BCUT2D eigenvalue weighted by Crippen LogP contribution is -2.43. The fourth-order valence-electron chi connectivity index (χ4n) is 10.3. The van der Waals surface area contributed by atoms with Crippen LogP contribution in [-0.4, -0.2) is 318 Å². The average Bonchev–Trinajstić information content (AvgIpc) is 4.46. The number of carbonyl (C=O) groups excluding carboxylic acids is 6. The molecule has 12 fully saturated rings.